The molecule has 0 fully saturated rings. The van der Waals surface area contributed by atoms with Crippen LogP contribution in [0.4, 0.5) is 0 Å². The van der Waals surface area contributed by atoms with E-state index in [0.29, 0.717) is 29.1 Å². The molecule has 0 aliphatic carbocycles. The fraction of sp³-hybridized carbons (Fsp3) is 0.321. The van der Waals surface area contributed by atoms with Gasteiger partial charge in [-0.15, -0.1) is 0 Å². The van der Waals surface area contributed by atoms with Crippen LogP contribution in [0.2, 0.25) is 0 Å². The number of aliphatic hydroxyl groups is 1. The summed E-state index contributed by atoms with van der Waals surface area (Å²) >= 11 is 0. The Bertz CT molecular complexity index is 1260. The van der Waals surface area contributed by atoms with Gasteiger partial charge in [0.15, 0.2) is 5.43 Å². The van der Waals surface area contributed by atoms with Crippen molar-refractivity contribution in [3.8, 4) is 5.75 Å². The zero-order valence-corrected chi connectivity index (χ0v) is 18.8. The summed E-state index contributed by atoms with van der Waals surface area (Å²) in [6.45, 7) is 4.65. The third kappa shape index (κ3) is 4.86. The van der Waals surface area contributed by atoms with Gasteiger partial charge in [-0.1, -0.05) is 62.7 Å². The molecule has 4 heteroatoms. The molecule has 4 nitrogen and oxygen atoms in total. The lowest BCUT2D eigenvalue weighted by atomic mass is 10.0. The van der Waals surface area contributed by atoms with Gasteiger partial charge in [0, 0.05) is 24.7 Å². The quantitative estimate of drug-likeness (QED) is 0.314. The number of aryl methyl sites for hydroxylation is 1. The third-order valence-corrected chi connectivity index (χ3v) is 5.85. The predicted molar refractivity (Wildman–Crippen MR) is 129 cm³/mol. The van der Waals surface area contributed by atoms with Crippen molar-refractivity contribution >= 4 is 21.7 Å². The lowest BCUT2D eigenvalue weighted by Crippen LogP contribution is -2.07. The maximum atomic E-state index is 12.9. The van der Waals surface area contributed by atoms with E-state index in [1.54, 1.807) is 6.07 Å². The summed E-state index contributed by atoms with van der Waals surface area (Å²) in [5, 5.41) is 12.1. The maximum Gasteiger partial charge on any atom is 0.193 e. The van der Waals surface area contributed by atoms with Crippen LogP contribution in [0.15, 0.2) is 69.9 Å². The van der Waals surface area contributed by atoms with Crippen LogP contribution in [-0.4, -0.2) is 11.7 Å². The molecule has 1 aromatic heterocycles. The van der Waals surface area contributed by atoms with Gasteiger partial charge in [0.05, 0.1) is 5.39 Å². The van der Waals surface area contributed by atoms with Crippen LogP contribution in [0.1, 0.15) is 55.9 Å². The zero-order valence-electron chi connectivity index (χ0n) is 18.8. The largest absolute Gasteiger partial charge is 0.489 e. The molecule has 4 aromatic rings. The van der Waals surface area contributed by atoms with Crippen molar-refractivity contribution in [2.24, 2.45) is 0 Å². The molecule has 3 aromatic carbocycles. The second-order valence-corrected chi connectivity index (χ2v) is 8.58. The van der Waals surface area contributed by atoms with Crippen molar-refractivity contribution in [2.75, 3.05) is 6.61 Å². The van der Waals surface area contributed by atoms with E-state index in [1.165, 1.54) is 10.8 Å². The van der Waals surface area contributed by atoms with Crippen LogP contribution in [0.25, 0.3) is 21.7 Å². The smallest absolute Gasteiger partial charge is 0.193 e. The molecule has 166 valence electrons. The average molecular weight is 431 g/mol. The standard InChI is InChI=1S/C28H30O4/c1-19(2)26-17-25(30)28-21(10-4-3-7-14-29)15-23(16-27(28)32-26)31-18-22-12-8-11-20-9-5-6-13-24(20)22/h5-6,8-9,11-13,15-17,19,29H,3-4,7,10,14,18H2,1-2H3. The Labute approximate surface area is 188 Å². The second-order valence-electron chi connectivity index (χ2n) is 8.58. The van der Waals surface area contributed by atoms with Gasteiger partial charge in [-0.05, 0) is 47.2 Å². The lowest BCUT2D eigenvalue weighted by molar-refractivity contribution is 0.283. The normalized spacial score (nSPS) is 11.5. The first-order chi connectivity index (χ1) is 15.6. The number of benzene rings is 3. The Morgan fingerprint density at radius 3 is 2.56 bits per heavy atom. The number of fused-ring (bicyclic) bond motifs is 2. The number of hydrogen-bond acceptors (Lipinski definition) is 4. The average Bonchev–Trinajstić information content (AvgIpc) is 2.80. The van der Waals surface area contributed by atoms with Gasteiger partial charge in [0.2, 0.25) is 0 Å². The van der Waals surface area contributed by atoms with Crippen molar-refractivity contribution in [3.63, 3.8) is 0 Å². The molecule has 0 saturated carbocycles. The molecule has 0 aliphatic heterocycles. The van der Waals surface area contributed by atoms with Crippen molar-refractivity contribution < 1.29 is 14.3 Å². The van der Waals surface area contributed by atoms with E-state index < -0.39 is 0 Å². The first kappa shape index (κ1) is 22.1. The molecule has 0 spiro atoms. The minimum absolute atomic E-state index is 0.00675. The molecule has 0 radical (unpaired) electrons. The Kier molecular flexibility index (Phi) is 6.91. The van der Waals surface area contributed by atoms with E-state index in [0.717, 1.165) is 36.8 Å². The fourth-order valence-electron chi connectivity index (χ4n) is 4.11. The maximum absolute atomic E-state index is 12.9. The van der Waals surface area contributed by atoms with Crippen LogP contribution in [0.3, 0.4) is 0 Å². The third-order valence-electron chi connectivity index (χ3n) is 5.85. The topological polar surface area (TPSA) is 59.7 Å². The summed E-state index contributed by atoms with van der Waals surface area (Å²) in [5.74, 6) is 1.51. The van der Waals surface area contributed by atoms with E-state index in [4.69, 9.17) is 14.3 Å². The molecular weight excluding hydrogens is 400 g/mol. The molecule has 32 heavy (non-hydrogen) atoms. The second kappa shape index (κ2) is 10.0. The van der Waals surface area contributed by atoms with Gasteiger partial charge in [0.25, 0.3) is 0 Å². The van der Waals surface area contributed by atoms with E-state index in [-0.39, 0.29) is 18.0 Å². The Morgan fingerprint density at radius 2 is 1.75 bits per heavy atom. The molecule has 0 aliphatic rings. The Morgan fingerprint density at radius 1 is 0.938 bits per heavy atom. The van der Waals surface area contributed by atoms with Gasteiger partial charge >= 0.3 is 0 Å². The summed E-state index contributed by atoms with van der Waals surface area (Å²) in [7, 11) is 0. The van der Waals surface area contributed by atoms with Crippen LogP contribution >= 0.6 is 0 Å². The van der Waals surface area contributed by atoms with Gasteiger partial charge in [-0.3, -0.25) is 4.79 Å². The fourth-order valence-corrected chi connectivity index (χ4v) is 4.11. The van der Waals surface area contributed by atoms with Crippen LogP contribution in [0.5, 0.6) is 5.75 Å². The zero-order chi connectivity index (χ0) is 22.5. The summed E-state index contributed by atoms with van der Waals surface area (Å²) in [6.07, 6.45) is 3.32. The van der Waals surface area contributed by atoms with Gasteiger partial charge in [0.1, 0.15) is 23.7 Å². The number of rotatable bonds is 9. The highest BCUT2D eigenvalue weighted by atomic mass is 16.5. The van der Waals surface area contributed by atoms with Gasteiger partial charge in [-0.25, -0.2) is 0 Å². The molecular formula is C28H30O4. The van der Waals surface area contributed by atoms with E-state index in [1.807, 2.05) is 44.2 Å². The Balaban J connectivity index is 1.69. The van der Waals surface area contributed by atoms with E-state index >= 15 is 0 Å². The summed E-state index contributed by atoms with van der Waals surface area (Å²) < 4.78 is 12.3. The number of ether oxygens (including phenoxy) is 1. The van der Waals surface area contributed by atoms with Crippen molar-refractivity contribution in [1.82, 2.24) is 0 Å². The molecule has 0 saturated heterocycles. The van der Waals surface area contributed by atoms with E-state index in [9.17, 15) is 4.79 Å². The van der Waals surface area contributed by atoms with Crippen LogP contribution in [-0.2, 0) is 13.0 Å². The van der Waals surface area contributed by atoms with Gasteiger partial charge < -0.3 is 14.3 Å². The highest BCUT2D eigenvalue weighted by molar-refractivity contribution is 5.85. The van der Waals surface area contributed by atoms with Crippen molar-refractivity contribution in [2.45, 2.75) is 52.1 Å². The minimum atomic E-state index is -0.00675. The monoisotopic (exact) mass is 430 g/mol. The molecule has 4 rings (SSSR count). The Hall–Kier alpha value is -3.11. The summed E-state index contributed by atoms with van der Waals surface area (Å²) in [6, 6.07) is 19.9. The van der Waals surface area contributed by atoms with Crippen molar-refractivity contribution in [1.29, 1.82) is 0 Å². The number of hydrogen-bond donors (Lipinski definition) is 1. The molecule has 1 N–H and O–H groups in total. The predicted octanol–water partition coefficient (Wildman–Crippen LogP) is 6.35. The van der Waals surface area contributed by atoms with E-state index in [2.05, 4.69) is 24.3 Å². The lowest BCUT2D eigenvalue weighted by Gasteiger charge is -2.13. The molecule has 0 unspecified atom stereocenters. The highest BCUT2D eigenvalue weighted by Gasteiger charge is 2.14. The molecule has 0 amide bonds. The van der Waals surface area contributed by atoms with Crippen LogP contribution < -0.4 is 10.2 Å². The van der Waals surface area contributed by atoms with Crippen molar-refractivity contribution in [3.05, 3.63) is 87.8 Å². The number of unbranched alkanes of at least 4 members (excludes halogenated alkanes) is 2. The molecule has 0 atom stereocenters. The molecule has 0 bridgehead atoms. The first-order valence-electron chi connectivity index (χ1n) is 11.4. The summed E-state index contributed by atoms with van der Waals surface area (Å²) in [5.41, 5.74) is 2.63. The van der Waals surface area contributed by atoms with Gasteiger partial charge in [-0.2, -0.15) is 0 Å². The van der Waals surface area contributed by atoms with Crippen LogP contribution in [0, 0.1) is 0 Å². The molecule has 1 heterocycles. The highest BCUT2D eigenvalue weighted by Crippen LogP contribution is 2.29. The number of aliphatic hydroxyl groups excluding tert-OH is 1. The minimum Gasteiger partial charge on any atom is -0.489 e. The summed E-state index contributed by atoms with van der Waals surface area (Å²) in [4.78, 5) is 12.9. The first-order valence-corrected chi connectivity index (χ1v) is 11.4. The SMILES string of the molecule is CC(C)c1cc(=O)c2c(CCCCCO)cc(OCc3cccc4ccccc34)cc2o1.